The van der Waals surface area contributed by atoms with Crippen LogP contribution < -0.4 is 5.73 Å². The maximum atomic E-state index is 5.86. The molecule has 1 aliphatic rings. The van der Waals surface area contributed by atoms with Crippen LogP contribution >= 0.6 is 0 Å². The Morgan fingerprint density at radius 3 is 3.00 bits per heavy atom. The number of methoxy groups -OCH3 is 1. The average molecular weight is 225 g/mol. The van der Waals surface area contributed by atoms with E-state index in [0.29, 0.717) is 18.4 Å². The van der Waals surface area contributed by atoms with Crippen LogP contribution in [0.5, 0.6) is 0 Å². The molecule has 0 radical (unpaired) electrons. The fourth-order valence-corrected chi connectivity index (χ4v) is 2.10. The lowest BCUT2D eigenvalue weighted by molar-refractivity contribution is 0.116. The second kappa shape index (κ2) is 4.93. The summed E-state index contributed by atoms with van der Waals surface area (Å²) in [6.07, 6.45) is 3.89. The fourth-order valence-electron chi connectivity index (χ4n) is 2.10. The minimum Gasteiger partial charge on any atom is -0.381 e. The predicted molar refractivity (Wildman–Crippen MR) is 59.0 cm³/mol. The summed E-state index contributed by atoms with van der Waals surface area (Å²) < 4.78 is 10.4. The Morgan fingerprint density at radius 2 is 2.38 bits per heavy atom. The Balaban J connectivity index is 1.97. The molecule has 3 atom stereocenters. The fraction of sp³-hybridized carbons (Fsp3) is 0.818. The quantitative estimate of drug-likeness (QED) is 0.834. The van der Waals surface area contributed by atoms with Crippen molar-refractivity contribution in [1.82, 2.24) is 10.1 Å². The first-order valence-electron chi connectivity index (χ1n) is 5.80. The first-order valence-corrected chi connectivity index (χ1v) is 5.80. The van der Waals surface area contributed by atoms with E-state index in [0.717, 1.165) is 31.0 Å². The molecule has 1 saturated carbocycles. The molecule has 0 aromatic carbocycles. The van der Waals surface area contributed by atoms with Gasteiger partial charge in [-0.05, 0) is 26.2 Å². The summed E-state index contributed by atoms with van der Waals surface area (Å²) in [6.45, 7) is 1.99. The van der Waals surface area contributed by atoms with Gasteiger partial charge in [-0.25, -0.2) is 0 Å². The molecule has 1 unspecified atom stereocenters. The molecule has 2 N–H and O–H groups in total. The van der Waals surface area contributed by atoms with Gasteiger partial charge < -0.3 is 15.0 Å². The van der Waals surface area contributed by atoms with E-state index in [1.165, 1.54) is 0 Å². The van der Waals surface area contributed by atoms with Crippen molar-refractivity contribution in [3.05, 3.63) is 11.7 Å². The standard InChI is InChI=1S/C11H19N3O2/c1-7(15-2)5-10-13-11(16-14-10)8-3-4-9(12)6-8/h7-9H,3-6,12H2,1-2H3/t7?,8-,9+/m1/s1. The van der Waals surface area contributed by atoms with Gasteiger partial charge in [0.25, 0.3) is 0 Å². The van der Waals surface area contributed by atoms with E-state index >= 15 is 0 Å². The number of ether oxygens (including phenoxy) is 1. The molecule has 16 heavy (non-hydrogen) atoms. The van der Waals surface area contributed by atoms with Crippen LogP contribution in [0.4, 0.5) is 0 Å². The molecule has 1 aliphatic carbocycles. The van der Waals surface area contributed by atoms with Gasteiger partial charge in [-0.2, -0.15) is 4.98 Å². The third-order valence-electron chi connectivity index (χ3n) is 3.18. The second-order valence-electron chi connectivity index (χ2n) is 4.57. The van der Waals surface area contributed by atoms with Gasteiger partial charge in [-0.1, -0.05) is 5.16 Å². The molecule has 5 heteroatoms. The van der Waals surface area contributed by atoms with Crippen LogP contribution in [0.3, 0.4) is 0 Å². The molecule has 0 spiro atoms. The Kier molecular flexibility index (Phi) is 3.56. The van der Waals surface area contributed by atoms with Gasteiger partial charge in [-0.3, -0.25) is 0 Å². The van der Waals surface area contributed by atoms with Crippen LogP contribution in [-0.2, 0) is 11.2 Å². The highest BCUT2D eigenvalue weighted by Crippen LogP contribution is 2.32. The predicted octanol–water partition coefficient (Wildman–Crippen LogP) is 1.24. The molecule has 1 aromatic heterocycles. The van der Waals surface area contributed by atoms with Gasteiger partial charge in [-0.15, -0.1) is 0 Å². The van der Waals surface area contributed by atoms with Crippen LogP contribution in [0.15, 0.2) is 4.52 Å². The van der Waals surface area contributed by atoms with E-state index in [2.05, 4.69) is 10.1 Å². The Morgan fingerprint density at radius 1 is 1.56 bits per heavy atom. The smallest absolute Gasteiger partial charge is 0.229 e. The first-order chi connectivity index (χ1) is 7.69. The largest absolute Gasteiger partial charge is 0.381 e. The summed E-state index contributed by atoms with van der Waals surface area (Å²) in [5.41, 5.74) is 5.86. The lowest BCUT2D eigenvalue weighted by Crippen LogP contribution is -2.14. The second-order valence-corrected chi connectivity index (χ2v) is 4.57. The molecule has 0 bridgehead atoms. The maximum absolute atomic E-state index is 5.86. The minimum atomic E-state index is 0.122. The third-order valence-corrected chi connectivity index (χ3v) is 3.18. The van der Waals surface area contributed by atoms with Gasteiger partial charge in [0.1, 0.15) is 0 Å². The monoisotopic (exact) mass is 225 g/mol. The molecular formula is C11H19N3O2. The highest BCUT2D eigenvalue weighted by atomic mass is 16.5. The van der Waals surface area contributed by atoms with E-state index in [1.807, 2.05) is 6.92 Å². The van der Waals surface area contributed by atoms with Gasteiger partial charge in [0.15, 0.2) is 5.82 Å². The van der Waals surface area contributed by atoms with Crippen molar-refractivity contribution in [3.63, 3.8) is 0 Å². The number of hydrogen-bond acceptors (Lipinski definition) is 5. The molecule has 90 valence electrons. The Labute approximate surface area is 95.3 Å². The Hall–Kier alpha value is -0.940. The van der Waals surface area contributed by atoms with Crippen molar-refractivity contribution in [1.29, 1.82) is 0 Å². The zero-order valence-electron chi connectivity index (χ0n) is 9.85. The number of nitrogens with zero attached hydrogens (tertiary/aromatic N) is 2. The average Bonchev–Trinajstić information content (AvgIpc) is 2.87. The normalized spacial score (nSPS) is 27.2. The zero-order valence-corrected chi connectivity index (χ0v) is 9.85. The van der Waals surface area contributed by atoms with E-state index < -0.39 is 0 Å². The van der Waals surface area contributed by atoms with Crippen molar-refractivity contribution in [2.75, 3.05) is 7.11 Å². The summed E-state index contributed by atoms with van der Waals surface area (Å²) in [5, 5.41) is 3.97. The summed E-state index contributed by atoms with van der Waals surface area (Å²) in [6, 6.07) is 0.290. The van der Waals surface area contributed by atoms with Gasteiger partial charge in [0.05, 0.1) is 6.10 Å². The number of aromatic nitrogens is 2. The number of rotatable bonds is 4. The van der Waals surface area contributed by atoms with E-state index in [1.54, 1.807) is 7.11 Å². The van der Waals surface area contributed by atoms with Crippen molar-refractivity contribution >= 4 is 0 Å². The van der Waals surface area contributed by atoms with Crippen molar-refractivity contribution in [2.24, 2.45) is 5.73 Å². The van der Waals surface area contributed by atoms with E-state index in [-0.39, 0.29) is 6.10 Å². The molecule has 0 amide bonds. The zero-order chi connectivity index (χ0) is 11.5. The van der Waals surface area contributed by atoms with Gasteiger partial charge >= 0.3 is 0 Å². The summed E-state index contributed by atoms with van der Waals surface area (Å²) in [4.78, 5) is 4.40. The topological polar surface area (TPSA) is 74.2 Å². The third kappa shape index (κ3) is 2.59. The van der Waals surface area contributed by atoms with Crippen molar-refractivity contribution in [2.45, 2.75) is 50.7 Å². The van der Waals surface area contributed by atoms with E-state index in [9.17, 15) is 0 Å². The van der Waals surface area contributed by atoms with Gasteiger partial charge in [0.2, 0.25) is 5.89 Å². The first kappa shape index (κ1) is 11.5. The molecule has 0 aliphatic heterocycles. The van der Waals surface area contributed by atoms with E-state index in [4.69, 9.17) is 15.0 Å². The molecule has 1 aromatic rings. The molecule has 5 nitrogen and oxygen atoms in total. The van der Waals surface area contributed by atoms with Crippen molar-refractivity contribution in [3.8, 4) is 0 Å². The lowest BCUT2D eigenvalue weighted by atomic mass is 10.1. The van der Waals surface area contributed by atoms with Crippen LogP contribution in [0, 0.1) is 0 Å². The summed E-state index contributed by atoms with van der Waals surface area (Å²) in [7, 11) is 1.68. The molecular weight excluding hydrogens is 206 g/mol. The highest BCUT2D eigenvalue weighted by Gasteiger charge is 2.27. The summed E-state index contributed by atoms with van der Waals surface area (Å²) in [5.74, 6) is 1.82. The molecule has 0 saturated heterocycles. The highest BCUT2D eigenvalue weighted by molar-refractivity contribution is 4.99. The van der Waals surface area contributed by atoms with Crippen LogP contribution in [0.1, 0.15) is 43.8 Å². The van der Waals surface area contributed by atoms with Gasteiger partial charge in [0, 0.05) is 25.5 Å². The molecule has 1 fully saturated rings. The van der Waals surface area contributed by atoms with Crippen LogP contribution in [0.25, 0.3) is 0 Å². The molecule has 2 rings (SSSR count). The van der Waals surface area contributed by atoms with Crippen LogP contribution in [-0.4, -0.2) is 29.4 Å². The number of hydrogen-bond donors (Lipinski definition) is 1. The molecule has 1 heterocycles. The lowest BCUT2D eigenvalue weighted by Gasteiger charge is -2.04. The SMILES string of the molecule is COC(C)Cc1noc([C@@H]2CC[C@H](N)C2)n1. The Bertz CT molecular complexity index is 340. The maximum Gasteiger partial charge on any atom is 0.229 e. The minimum absolute atomic E-state index is 0.122. The summed E-state index contributed by atoms with van der Waals surface area (Å²) >= 11 is 0. The van der Waals surface area contributed by atoms with Crippen molar-refractivity contribution < 1.29 is 9.26 Å². The number of nitrogens with two attached hydrogens (primary N) is 1. The van der Waals surface area contributed by atoms with Crippen LogP contribution in [0.2, 0.25) is 0 Å².